The van der Waals surface area contributed by atoms with Gasteiger partial charge in [0.1, 0.15) is 29.4 Å². The second kappa shape index (κ2) is 8.00. The van der Waals surface area contributed by atoms with Gasteiger partial charge in [-0.25, -0.2) is 9.37 Å². The lowest BCUT2D eigenvalue weighted by Crippen LogP contribution is -2.55. The van der Waals surface area contributed by atoms with Crippen LogP contribution in [0.3, 0.4) is 0 Å². The summed E-state index contributed by atoms with van der Waals surface area (Å²) < 4.78 is 15.6. The van der Waals surface area contributed by atoms with E-state index < -0.39 is 11.8 Å². The number of rotatable bonds is 5. The molecule has 0 bridgehead atoms. The maximum Gasteiger partial charge on any atom is 0.138 e. The average molecular weight is 430 g/mol. The molecule has 0 amide bonds. The first-order chi connectivity index (χ1) is 14.3. The minimum absolute atomic E-state index is 0.144. The molecule has 6 nitrogen and oxygen atoms in total. The van der Waals surface area contributed by atoms with E-state index in [4.69, 9.17) is 22.3 Å². The van der Waals surface area contributed by atoms with Gasteiger partial charge in [0.25, 0.3) is 0 Å². The van der Waals surface area contributed by atoms with Gasteiger partial charge in [0, 0.05) is 35.9 Å². The van der Waals surface area contributed by atoms with Crippen LogP contribution in [0.1, 0.15) is 19.7 Å². The third kappa shape index (κ3) is 3.70. The third-order valence-corrected chi connectivity index (χ3v) is 5.84. The lowest BCUT2D eigenvalue weighted by molar-refractivity contribution is -0.0702. The van der Waals surface area contributed by atoms with Gasteiger partial charge in [0.15, 0.2) is 0 Å². The highest BCUT2D eigenvalue weighted by molar-refractivity contribution is 6.30. The van der Waals surface area contributed by atoms with Crippen molar-refractivity contribution in [1.82, 2.24) is 14.5 Å². The smallest absolute Gasteiger partial charge is 0.138 e. The summed E-state index contributed by atoms with van der Waals surface area (Å²) in [4.78, 5) is 6.90. The maximum atomic E-state index is 13.5. The van der Waals surface area contributed by atoms with Crippen LogP contribution in [0.4, 0.5) is 15.9 Å². The molecule has 0 fully saturated rings. The third-order valence-electron chi connectivity index (χ3n) is 5.59. The van der Waals surface area contributed by atoms with Crippen LogP contribution in [0, 0.1) is 5.82 Å². The first-order valence-electron chi connectivity index (χ1n) is 9.85. The predicted octanol–water partition coefficient (Wildman–Crippen LogP) is 3.91. The van der Waals surface area contributed by atoms with Gasteiger partial charge >= 0.3 is 0 Å². The summed E-state index contributed by atoms with van der Waals surface area (Å²) in [6.07, 6.45) is -0.757. The van der Waals surface area contributed by atoms with Crippen molar-refractivity contribution in [2.75, 3.05) is 18.4 Å². The normalized spacial score (nSPS) is 16.9. The second-order valence-corrected chi connectivity index (χ2v) is 8.33. The van der Waals surface area contributed by atoms with Gasteiger partial charge in [-0.3, -0.25) is 4.90 Å². The minimum Gasteiger partial charge on any atom is -0.377 e. The Kier molecular flexibility index (Phi) is 5.55. The topological polar surface area (TPSA) is 79.3 Å². The second-order valence-electron chi connectivity index (χ2n) is 7.89. The maximum absolute atomic E-state index is 13.5. The molecule has 30 heavy (non-hydrogen) atoms. The SMILES string of the molecule is CC1(C)c2nc(-c3ccc(F)cc3)c(Nc3ccc(Cl)cc3)n2CCN1C(O)CN. The number of imidazole rings is 1. The Balaban J connectivity index is 1.84. The van der Waals surface area contributed by atoms with Crippen LogP contribution in [0.5, 0.6) is 0 Å². The van der Waals surface area contributed by atoms with Crippen LogP contribution >= 0.6 is 11.6 Å². The van der Waals surface area contributed by atoms with E-state index in [0.29, 0.717) is 18.1 Å². The van der Waals surface area contributed by atoms with Crippen molar-refractivity contribution in [3.05, 3.63) is 65.2 Å². The number of aromatic nitrogens is 2. The fourth-order valence-corrected chi connectivity index (χ4v) is 4.13. The van der Waals surface area contributed by atoms with Crippen molar-refractivity contribution in [2.45, 2.75) is 32.2 Å². The standard InChI is InChI=1S/C22H25ClFN5O/c1-22(2)21-27-19(14-3-7-16(24)8-4-14)20(26-17-9-5-15(23)6-10-17)28(21)11-12-29(22)18(30)13-25/h3-10,18,26,30H,11-13,25H2,1-2H3. The zero-order valence-electron chi connectivity index (χ0n) is 16.9. The lowest BCUT2D eigenvalue weighted by atomic mass is 9.98. The number of aliphatic hydroxyl groups excluding tert-OH is 1. The highest BCUT2D eigenvalue weighted by Crippen LogP contribution is 2.40. The molecule has 0 spiro atoms. The van der Waals surface area contributed by atoms with E-state index in [1.165, 1.54) is 12.1 Å². The molecule has 3 aromatic rings. The van der Waals surface area contributed by atoms with Crippen LogP contribution in [-0.2, 0) is 12.1 Å². The number of aliphatic hydroxyl groups is 1. The zero-order valence-corrected chi connectivity index (χ0v) is 17.7. The largest absolute Gasteiger partial charge is 0.377 e. The molecule has 4 rings (SSSR count). The van der Waals surface area contributed by atoms with Gasteiger partial charge in [-0.05, 0) is 62.4 Å². The molecule has 158 valence electrons. The number of fused-ring (bicyclic) bond motifs is 1. The van der Waals surface area contributed by atoms with Crippen LogP contribution in [-0.4, -0.2) is 38.9 Å². The molecular formula is C22H25ClFN5O. The summed E-state index contributed by atoms with van der Waals surface area (Å²) in [6.45, 7) is 5.42. The molecule has 0 aliphatic carbocycles. The van der Waals surface area contributed by atoms with E-state index in [1.807, 2.05) is 43.0 Å². The molecule has 0 radical (unpaired) electrons. The number of nitrogens with two attached hydrogens (primary N) is 1. The fourth-order valence-electron chi connectivity index (χ4n) is 4.01. The van der Waals surface area contributed by atoms with Crippen molar-refractivity contribution < 1.29 is 9.50 Å². The van der Waals surface area contributed by atoms with E-state index in [0.717, 1.165) is 28.6 Å². The van der Waals surface area contributed by atoms with E-state index >= 15 is 0 Å². The molecule has 1 unspecified atom stereocenters. The number of nitrogens with zero attached hydrogens (tertiary/aromatic N) is 3. The van der Waals surface area contributed by atoms with Gasteiger partial charge in [0.2, 0.25) is 0 Å². The Bertz CT molecular complexity index is 1030. The molecule has 1 atom stereocenters. The monoisotopic (exact) mass is 429 g/mol. The molecular weight excluding hydrogens is 405 g/mol. The number of anilines is 2. The van der Waals surface area contributed by atoms with Crippen molar-refractivity contribution in [1.29, 1.82) is 0 Å². The molecule has 0 saturated carbocycles. The molecule has 2 aromatic carbocycles. The molecule has 1 aromatic heterocycles. The molecule has 4 N–H and O–H groups in total. The minimum atomic E-state index is -0.757. The van der Waals surface area contributed by atoms with Gasteiger partial charge in [-0.1, -0.05) is 11.6 Å². The Hall–Kier alpha value is -2.45. The first-order valence-corrected chi connectivity index (χ1v) is 10.2. The summed E-state index contributed by atoms with van der Waals surface area (Å²) in [5.74, 6) is 1.32. The Morgan fingerprint density at radius 1 is 1.17 bits per heavy atom. The quantitative estimate of drug-likeness (QED) is 0.573. The summed E-state index contributed by atoms with van der Waals surface area (Å²) >= 11 is 6.03. The summed E-state index contributed by atoms with van der Waals surface area (Å²) in [7, 11) is 0. The molecule has 2 heterocycles. The van der Waals surface area contributed by atoms with Gasteiger partial charge < -0.3 is 20.7 Å². The van der Waals surface area contributed by atoms with E-state index in [1.54, 1.807) is 12.1 Å². The number of benzene rings is 2. The van der Waals surface area contributed by atoms with Gasteiger partial charge in [0.05, 0.1) is 5.54 Å². The van der Waals surface area contributed by atoms with E-state index in [2.05, 4.69) is 9.88 Å². The first kappa shape index (κ1) is 20.8. The number of halogens is 2. The Morgan fingerprint density at radius 3 is 2.47 bits per heavy atom. The zero-order chi connectivity index (χ0) is 21.5. The van der Waals surface area contributed by atoms with Crippen LogP contribution in [0.25, 0.3) is 11.3 Å². The van der Waals surface area contributed by atoms with Crippen molar-refractivity contribution in [2.24, 2.45) is 5.73 Å². The number of hydrogen-bond acceptors (Lipinski definition) is 5. The average Bonchev–Trinajstić information content (AvgIpc) is 3.09. The van der Waals surface area contributed by atoms with Crippen molar-refractivity contribution >= 4 is 23.1 Å². The summed E-state index contributed by atoms with van der Waals surface area (Å²) in [5.41, 5.74) is 7.56. The summed E-state index contributed by atoms with van der Waals surface area (Å²) in [5, 5.41) is 14.5. The van der Waals surface area contributed by atoms with Crippen molar-refractivity contribution in [3.8, 4) is 11.3 Å². The van der Waals surface area contributed by atoms with E-state index in [-0.39, 0.29) is 12.4 Å². The van der Waals surface area contributed by atoms with Crippen LogP contribution < -0.4 is 11.1 Å². The van der Waals surface area contributed by atoms with Gasteiger partial charge in [-0.15, -0.1) is 0 Å². The predicted molar refractivity (Wildman–Crippen MR) is 117 cm³/mol. The van der Waals surface area contributed by atoms with Gasteiger partial charge in [-0.2, -0.15) is 0 Å². The summed E-state index contributed by atoms with van der Waals surface area (Å²) in [6, 6.07) is 13.7. The van der Waals surface area contributed by atoms with E-state index in [9.17, 15) is 9.50 Å². The highest BCUT2D eigenvalue weighted by atomic mass is 35.5. The Morgan fingerprint density at radius 2 is 1.83 bits per heavy atom. The Labute approximate surface area is 180 Å². The van der Waals surface area contributed by atoms with Crippen molar-refractivity contribution in [3.63, 3.8) is 0 Å². The van der Waals surface area contributed by atoms with Crippen LogP contribution in [0.2, 0.25) is 5.02 Å². The molecule has 8 heteroatoms. The lowest BCUT2D eigenvalue weighted by Gasteiger charge is -2.44. The fraction of sp³-hybridized carbons (Fsp3) is 0.318. The molecule has 1 aliphatic rings. The number of nitrogens with one attached hydrogen (secondary N) is 1. The molecule has 1 aliphatic heterocycles. The highest BCUT2D eigenvalue weighted by Gasteiger charge is 2.41. The number of hydrogen-bond donors (Lipinski definition) is 3. The van der Waals surface area contributed by atoms with Crippen LogP contribution in [0.15, 0.2) is 48.5 Å². The molecule has 0 saturated heterocycles.